The topological polar surface area (TPSA) is 79.0 Å². The Morgan fingerprint density at radius 1 is 0.900 bits per heavy atom. The molecule has 1 heterocycles. The predicted octanol–water partition coefficient (Wildman–Crippen LogP) is 5.62. The van der Waals surface area contributed by atoms with E-state index in [1.54, 1.807) is 32.7 Å². The van der Waals surface area contributed by atoms with Crippen molar-refractivity contribution in [2.75, 3.05) is 26.7 Å². The van der Waals surface area contributed by atoms with Crippen molar-refractivity contribution >= 4 is 17.9 Å². The van der Waals surface area contributed by atoms with Crippen LogP contribution in [0.25, 0.3) is 0 Å². The Kier molecular flexibility index (Phi) is 12.0. The van der Waals surface area contributed by atoms with Gasteiger partial charge in [-0.3, -0.25) is 9.59 Å². The van der Waals surface area contributed by atoms with E-state index in [1.807, 2.05) is 12.1 Å². The maximum absolute atomic E-state index is 13.3. The van der Waals surface area contributed by atoms with Crippen LogP contribution in [0.4, 0.5) is 4.79 Å². The lowest BCUT2D eigenvalue weighted by Gasteiger charge is -2.33. The first kappa shape index (κ1) is 31.2. The number of rotatable bonds is 12. The van der Waals surface area contributed by atoms with Crippen LogP contribution in [0.1, 0.15) is 70.4 Å². The van der Waals surface area contributed by atoms with Crippen molar-refractivity contribution < 1.29 is 19.1 Å². The lowest BCUT2D eigenvalue weighted by Crippen LogP contribution is -2.48. The highest BCUT2D eigenvalue weighted by Crippen LogP contribution is 2.20. The molecule has 1 fully saturated rings. The summed E-state index contributed by atoms with van der Waals surface area (Å²) in [6, 6.07) is 21.1. The van der Waals surface area contributed by atoms with Gasteiger partial charge >= 0.3 is 6.09 Å². The summed E-state index contributed by atoms with van der Waals surface area (Å²) in [5.41, 5.74) is 2.04. The monoisotopic (exact) mass is 549 g/mol. The fourth-order valence-corrected chi connectivity index (χ4v) is 5.10. The zero-order valence-electron chi connectivity index (χ0n) is 24.7. The summed E-state index contributed by atoms with van der Waals surface area (Å²) in [5.74, 6) is -0.118. The number of ether oxygens (including phenoxy) is 1. The fraction of sp³-hybridized carbons (Fsp3) is 0.545. The molecule has 2 aromatic carbocycles. The lowest BCUT2D eigenvalue weighted by atomic mass is 9.94. The standard InChI is InChI=1S/C33H47N3O4/c1-33(2,3)40-32(39)35(4)25-30(37)36-23-21-28(22-24-36)31(38)34-29(19-11-17-26-13-7-5-8-14-26)20-12-18-27-15-9-6-10-16-27/h5-10,13-16,28-29H,11-12,17-25H2,1-4H3,(H,34,38). The number of hydrogen-bond acceptors (Lipinski definition) is 4. The highest BCUT2D eigenvalue weighted by molar-refractivity contribution is 5.83. The second kappa shape index (κ2) is 15.4. The summed E-state index contributed by atoms with van der Waals surface area (Å²) in [5, 5.41) is 3.36. The highest BCUT2D eigenvalue weighted by atomic mass is 16.6. The van der Waals surface area contributed by atoms with E-state index < -0.39 is 11.7 Å². The van der Waals surface area contributed by atoms with Crippen LogP contribution in [0.15, 0.2) is 60.7 Å². The van der Waals surface area contributed by atoms with Crippen LogP contribution >= 0.6 is 0 Å². The number of benzene rings is 2. The first-order valence-corrected chi connectivity index (χ1v) is 14.7. The minimum atomic E-state index is -0.610. The number of carbonyl (C=O) groups is 3. The molecule has 1 saturated heterocycles. The second-order valence-electron chi connectivity index (χ2n) is 12.0. The van der Waals surface area contributed by atoms with Gasteiger partial charge in [-0.05, 0) is 83.3 Å². The van der Waals surface area contributed by atoms with Gasteiger partial charge in [0.1, 0.15) is 12.1 Å². The normalized spacial score (nSPS) is 14.2. The smallest absolute Gasteiger partial charge is 0.410 e. The van der Waals surface area contributed by atoms with Crippen LogP contribution in [-0.4, -0.2) is 66.0 Å². The summed E-state index contributed by atoms with van der Waals surface area (Å²) in [4.78, 5) is 41.3. The first-order chi connectivity index (χ1) is 19.1. The molecule has 1 aliphatic heterocycles. The third kappa shape index (κ3) is 11.0. The Hall–Kier alpha value is -3.35. The summed E-state index contributed by atoms with van der Waals surface area (Å²) in [6.45, 7) is 6.41. The number of nitrogens with zero attached hydrogens (tertiary/aromatic N) is 2. The van der Waals surface area contributed by atoms with Gasteiger partial charge in [0.05, 0.1) is 0 Å². The quantitative estimate of drug-likeness (QED) is 0.373. The Bertz CT molecular complexity index is 1010. The van der Waals surface area contributed by atoms with Crippen molar-refractivity contribution in [2.24, 2.45) is 5.92 Å². The average Bonchev–Trinajstić information content (AvgIpc) is 2.93. The van der Waals surface area contributed by atoms with E-state index >= 15 is 0 Å². The summed E-state index contributed by atoms with van der Waals surface area (Å²) >= 11 is 0. The molecule has 7 nitrogen and oxygen atoms in total. The molecule has 1 aliphatic rings. The zero-order chi connectivity index (χ0) is 29.0. The van der Waals surface area contributed by atoms with Gasteiger partial charge in [0.2, 0.25) is 11.8 Å². The van der Waals surface area contributed by atoms with Gasteiger partial charge in [-0.15, -0.1) is 0 Å². The summed E-state index contributed by atoms with van der Waals surface area (Å²) in [7, 11) is 1.57. The molecule has 0 saturated carbocycles. The van der Waals surface area contributed by atoms with Gasteiger partial charge in [0.15, 0.2) is 0 Å². The first-order valence-electron chi connectivity index (χ1n) is 14.7. The third-order valence-corrected chi connectivity index (χ3v) is 7.36. The number of aryl methyl sites for hydroxylation is 2. The van der Waals surface area contributed by atoms with Crippen LogP contribution in [-0.2, 0) is 27.2 Å². The van der Waals surface area contributed by atoms with Gasteiger partial charge in [-0.1, -0.05) is 60.7 Å². The zero-order valence-corrected chi connectivity index (χ0v) is 24.7. The van der Waals surface area contributed by atoms with Crippen molar-refractivity contribution in [3.63, 3.8) is 0 Å². The Morgan fingerprint density at radius 2 is 1.40 bits per heavy atom. The summed E-state index contributed by atoms with van der Waals surface area (Å²) < 4.78 is 5.34. The molecule has 0 spiro atoms. The Balaban J connectivity index is 1.47. The molecule has 40 heavy (non-hydrogen) atoms. The number of amides is 3. The van der Waals surface area contributed by atoms with E-state index in [-0.39, 0.29) is 30.3 Å². The van der Waals surface area contributed by atoms with E-state index in [4.69, 9.17) is 4.74 Å². The van der Waals surface area contributed by atoms with Crippen molar-refractivity contribution in [3.05, 3.63) is 71.8 Å². The molecule has 0 aliphatic carbocycles. The number of likely N-dealkylation sites (tertiary alicyclic amines) is 1. The molecule has 2 aromatic rings. The van der Waals surface area contributed by atoms with Crippen molar-refractivity contribution in [2.45, 2.75) is 83.8 Å². The van der Waals surface area contributed by atoms with Crippen molar-refractivity contribution in [1.82, 2.24) is 15.1 Å². The number of likely N-dealkylation sites (N-methyl/N-ethyl adjacent to an activating group) is 1. The molecule has 3 rings (SSSR count). The molecule has 218 valence electrons. The summed E-state index contributed by atoms with van der Waals surface area (Å²) in [6.07, 6.45) is 6.71. The molecule has 3 amide bonds. The molecule has 1 N–H and O–H groups in total. The molecule has 0 atom stereocenters. The fourth-order valence-electron chi connectivity index (χ4n) is 5.10. The van der Waals surface area contributed by atoms with E-state index in [1.165, 1.54) is 16.0 Å². The van der Waals surface area contributed by atoms with Gasteiger partial charge in [0.25, 0.3) is 0 Å². The maximum atomic E-state index is 13.3. The van der Waals surface area contributed by atoms with E-state index in [0.717, 1.165) is 38.5 Å². The average molecular weight is 550 g/mol. The molecular formula is C33H47N3O4. The molecular weight excluding hydrogens is 502 g/mol. The molecule has 7 heteroatoms. The van der Waals surface area contributed by atoms with Crippen molar-refractivity contribution in [1.29, 1.82) is 0 Å². The second-order valence-corrected chi connectivity index (χ2v) is 12.0. The highest BCUT2D eigenvalue weighted by Gasteiger charge is 2.30. The van der Waals surface area contributed by atoms with E-state index in [0.29, 0.717) is 25.9 Å². The van der Waals surface area contributed by atoms with Crippen LogP contribution in [0.3, 0.4) is 0 Å². The van der Waals surface area contributed by atoms with Crippen LogP contribution in [0.5, 0.6) is 0 Å². The molecule has 0 bridgehead atoms. The van der Waals surface area contributed by atoms with E-state index in [2.05, 4.69) is 53.8 Å². The largest absolute Gasteiger partial charge is 0.444 e. The van der Waals surface area contributed by atoms with Crippen LogP contribution in [0.2, 0.25) is 0 Å². The minimum Gasteiger partial charge on any atom is -0.444 e. The Morgan fingerprint density at radius 3 is 1.88 bits per heavy atom. The van der Waals surface area contributed by atoms with Crippen LogP contribution < -0.4 is 5.32 Å². The number of carbonyl (C=O) groups excluding carboxylic acids is 3. The maximum Gasteiger partial charge on any atom is 0.410 e. The lowest BCUT2D eigenvalue weighted by molar-refractivity contribution is -0.136. The predicted molar refractivity (Wildman–Crippen MR) is 159 cm³/mol. The molecule has 0 radical (unpaired) electrons. The molecule has 0 unspecified atom stereocenters. The minimum absolute atomic E-state index is 0.0311. The number of nitrogens with one attached hydrogen (secondary N) is 1. The molecule has 0 aromatic heterocycles. The van der Waals surface area contributed by atoms with Gasteiger partial charge < -0.3 is 19.9 Å². The number of piperidine rings is 1. The van der Waals surface area contributed by atoms with Crippen molar-refractivity contribution in [3.8, 4) is 0 Å². The Labute approximate surface area is 240 Å². The van der Waals surface area contributed by atoms with E-state index in [9.17, 15) is 14.4 Å². The van der Waals surface area contributed by atoms with Gasteiger partial charge in [-0.25, -0.2) is 4.79 Å². The number of hydrogen-bond donors (Lipinski definition) is 1. The third-order valence-electron chi connectivity index (χ3n) is 7.36. The van der Waals surface area contributed by atoms with Crippen LogP contribution in [0, 0.1) is 5.92 Å². The SMILES string of the molecule is CN(CC(=O)N1CCC(C(=O)NC(CCCc2ccccc2)CCCc2ccccc2)CC1)C(=O)OC(C)(C)C. The van der Waals surface area contributed by atoms with Gasteiger partial charge in [-0.2, -0.15) is 0 Å². The van der Waals surface area contributed by atoms with Gasteiger partial charge in [0, 0.05) is 32.1 Å².